The zero-order chi connectivity index (χ0) is 14.7. The highest BCUT2D eigenvalue weighted by molar-refractivity contribution is 7.84. The summed E-state index contributed by atoms with van der Waals surface area (Å²) in [6, 6.07) is 11.2. The Hall–Kier alpha value is -1.36. The molecular formula is C14H10Cl2O3S. The minimum atomic E-state index is -1.39. The molecule has 1 atom stereocenters. The third-order valence-electron chi connectivity index (χ3n) is 2.65. The lowest BCUT2D eigenvalue weighted by Crippen LogP contribution is -2.00. The van der Waals surface area contributed by atoms with E-state index in [1.54, 1.807) is 30.3 Å². The van der Waals surface area contributed by atoms with Gasteiger partial charge in [-0.3, -0.25) is 4.21 Å². The number of carbonyl (C=O) groups is 1. The SMILES string of the molecule is O=C(O)c1ccc(CS(=O)c2c(Cl)cccc2Cl)cc1. The molecule has 3 nitrogen and oxygen atoms in total. The maximum Gasteiger partial charge on any atom is 0.335 e. The van der Waals surface area contributed by atoms with Crippen LogP contribution in [0.15, 0.2) is 47.4 Å². The first kappa shape index (κ1) is 15.0. The van der Waals surface area contributed by atoms with Crippen LogP contribution < -0.4 is 0 Å². The van der Waals surface area contributed by atoms with E-state index in [0.717, 1.165) is 5.56 Å². The minimum Gasteiger partial charge on any atom is -0.478 e. The lowest BCUT2D eigenvalue weighted by Gasteiger charge is -2.07. The monoisotopic (exact) mass is 328 g/mol. The van der Waals surface area contributed by atoms with Crippen molar-refractivity contribution in [3.8, 4) is 0 Å². The number of hydrogen-bond donors (Lipinski definition) is 1. The summed E-state index contributed by atoms with van der Waals surface area (Å²) >= 11 is 12.0. The summed E-state index contributed by atoms with van der Waals surface area (Å²) in [5, 5.41) is 9.53. The summed E-state index contributed by atoms with van der Waals surface area (Å²) in [6.45, 7) is 0. The predicted octanol–water partition coefficient (Wildman–Crippen LogP) is 4.00. The molecule has 0 bridgehead atoms. The van der Waals surface area contributed by atoms with Crippen LogP contribution >= 0.6 is 23.2 Å². The van der Waals surface area contributed by atoms with E-state index in [-0.39, 0.29) is 11.3 Å². The van der Waals surface area contributed by atoms with Crippen LogP contribution in [0.1, 0.15) is 15.9 Å². The lowest BCUT2D eigenvalue weighted by atomic mass is 10.1. The summed E-state index contributed by atoms with van der Waals surface area (Å²) in [7, 11) is -1.39. The van der Waals surface area contributed by atoms with Gasteiger partial charge in [-0.25, -0.2) is 4.79 Å². The highest BCUT2D eigenvalue weighted by Crippen LogP contribution is 2.29. The van der Waals surface area contributed by atoms with Gasteiger partial charge in [0.2, 0.25) is 0 Å². The van der Waals surface area contributed by atoms with Gasteiger partial charge >= 0.3 is 5.97 Å². The van der Waals surface area contributed by atoms with Gasteiger partial charge in [-0.05, 0) is 29.8 Å². The van der Waals surface area contributed by atoms with Gasteiger partial charge in [-0.2, -0.15) is 0 Å². The molecule has 2 rings (SSSR count). The maximum absolute atomic E-state index is 12.3. The second-order valence-corrected chi connectivity index (χ2v) is 6.25. The standard InChI is InChI=1S/C14H10Cl2O3S/c15-11-2-1-3-12(16)13(11)20(19)8-9-4-6-10(7-5-9)14(17)18/h1-7H,8H2,(H,17,18). The molecule has 2 aromatic carbocycles. The molecule has 2 aromatic rings. The van der Waals surface area contributed by atoms with Gasteiger partial charge in [-0.15, -0.1) is 0 Å². The molecule has 0 radical (unpaired) electrons. The van der Waals surface area contributed by atoms with Crippen molar-refractivity contribution in [1.29, 1.82) is 0 Å². The Labute approximate surface area is 128 Å². The quantitative estimate of drug-likeness (QED) is 0.922. The number of carboxylic acid groups (broad SMARTS) is 1. The molecule has 0 fully saturated rings. The van der Waals surface area contributed by atoms with Crippen molar-refractivity contribution < 1.29 is 14.1 Å². The highest BCUT2D eigenvalue weighted by Gasteiger charge is 2.13. The van der Waals surface area contributed by atoms with Crippen LogP contribution in [-0.2, 0) is 16.6 Å². The van der Waals surface area contributed by atoms with E-state index in [2.05, 4.69) is 0 Å². The minimum absolute atomic E-state index is 0.190. The average molecular weight is 329 g/mol. The van der Waals surface area contributed by atoms with E-state index in [1.165, 1.54) is 12.1 Å². The van der Waals surface area contributed by atoms with Gasteiger partial charge in [0.15, 0.2) is 0 Å². The molecule has 0 aromatic heterocycles. The second kappa shape index (κ2) is 6.39. The van der Waals surface area contributed by atoms with Gasteiger partial charge in [0.1, 0.15) is 0 Å². The first-order valence-electron chi connectivity index (χ1n) is 5.63. The Morgan fingerprint density at radius 3 is 2.10 bits per heavy atom. The molecule has 6 heteroatoms. The van der Waals surface area contributed by atoms with Crippen LogP contribution in [0.25, 0.3) is 0 Å². The van der Waals surface area contributed by atoms with Crippen molar-refractivity contribution in [2.75, 3.05) is 0 Å². The highest BCUT2D eigenvalue weighted by atomic mass is 35.5. The number of hydrogen-bond acceptors (Lipinski definition) is 2. The van der Waals surface area contributed by atoms with E-state index in [0.29, 0.717) is 14.9 Å². The summed E-state index contributed by atoms with van der Waals surface area (Å²) < 4.78 is 12.3. The van der Waals surface area contributed by atoms with Crippen LogP contribution in [0.5, 0.6) is 0 Å². The second-order valence-electron chi connectivity index (χ2n) is 4.04. The fourth-order valence-electron chi connectivity index (χ4n) is 1.67. The van der Waals surface area contributed by atoms with Crippen LogP contribution in [0.3, 0.4) is 0 Å². The Morgan fingerprint density at radius 2 is 1.60 bits per heavy atom. The van der Waals surface area contributed by atoms with Crippen molar-refractivity contribution in [2.45, 2.75) is 10.6 Å². The average Bonchev–Trinajstić information content (AvgIpc) is 2.39. The fourth-order valence-corrected chi connectivity index (χ4v) is 3.79. The number of carboxylic acids is 1. The van der Waals surface area contributed by atoms with E-state index >= 15 is 0 Å². The molecular weight excluding hydrogens is 319 g/mol. The Balaban J connectivity index is 2.21. The molecule has 0 aliphatic rings. The van der Waals surface area contributed by atoms with Gasteiger partial charge in [0.05, 0.1) is 37.1 Å². The predicted molar refractivity (Wildman–Crippen MR) is 80.0 cm³/mol. The Morgan fingerprint density at radius 1 is 1.05 bits per heavy atom. The lowest BCUT2D eigenvalue weighted by molar-refractivity contribution is 0.0697. The van der Waals surface area contributed by atoms with Crippen LogP contribution in [0, 0.1) is 0 Å². The van der Waals surface area contributed by atoms with Crippen molar-refractivity contribution in [3.63, 3.8) is 0 Å². The molecule has 0 heterocycles. The van der Waals surface area contributed by atoms with Gasteiger partial charge < -0.3 is 5.11 Å². The maximum atomic E-state index is 12.3. The van der Waals surface area contributed by atoms with Crippen LogP contribution in [0.4, 0.5) is 0 Å². The fraction of sp³-hybridized carbons (Fsp3) is 0.0714. The molecule has 1 unspecified atom stereocenters. The van der Waals surface area contributed by atoms with Gasteiger partial charge in [0, 0.05) is 0 Å². The van der Waals surface area contributed by atoms with E-state index in [1.807, 2.05) is 0 Å². The zero-order valence-electron chi connectivity index (χ0n) is 10.2. The molecule has 104 valence electrons. The van der Waals surface area contributed by atoms with Crippen LogP contribution in [0.2, 0.25) is 10.0 Å². The molecule has 0 spiro atoms. The van der Waals surface area contributed by atoms with Crippen molar-refractivity contribution in [1.82, 2.24) is 0 Å². The molecule has 0 saturated carbocycles. The number of benzene rings is 2. The molecule has 1 N–H and O–H groups in total. The molecule has 0 saturated heterocycles. The van der Waals surface area contributed by atoms with E-state index in [9.17, 15) is 9.00 Å². The molecule has 20 heavy (non-hydrogen) atoms. The Kier molecular flexibility index (Phi) is 4.81. The first-order valence-corrected chi connectivity index (χ1v) is 7.71. The first-order chi connectivity index (χ1) is 9.49. The largest absolute Gasteiger partial charge is 0.478 e. The number of aromatic carboxylic acids is 1. The smallest absolute Gasteiger partial charge is 0.335 e. The summed E-state index contributed by atoms with van der Waals surface area (Å²) in [5.74, 6) is -0.768. The zero-order valence-corrected chi connectivity index (χ0v) is 12.5. The molecule has 0 aliphatic heterocycles. The van der Waals surface area contributed by atoms with E-state index < -0.39 is 16.8 Å². The Bertz CT molecular complexity index is 648. The third-order valence-corrected chi connectivity index (χ3v) is 4.99. The number of halogens is 2. The molecule has 0 aliphatic carbocycles. The summed E-state index contributed by atoms with van der Waals surface area (Å²) in [4.78, 5) is 11.2. The van der Waals surface area contributed by atoms with Gasteiger partial charge in [-0.1, -0.05) is 41.4 Å². The van der Waals surface area contributed by atoms with Crippen LogP contribution in [-0.4, -0.2) is 15.3 Å². The topological polar surface area (TPSA) is 54.4 Å². The van der Waals surface area contributed by atoms with Crippen molar-refractivity contribution >= 4 is 40.0 Å². The normalized spacial score (nSPS) is 12.1. The third kappa shape index (κ3) is 3.39. The summed E-state index contributed by atoms with van der Waals surface area (Å²) in [5.41, 5.74) is 0.944. The van der Waals surface area contributed by atoms with Crippen molar-refractivity contribution in [2.24, 2.45) is 0 Å². The summed E-state index contributed by atoms with van der Waals surface area (Å²) in [6.07, 6.45) is 0. The number of rotatable bonds is 4. The molecule has 0 amide bonds. The van der Waals surface area contributed by atoms with Gasteiger partial charge in [0.25, 0.3) is 0 Å². The van der Waals surface area contributed by atoms with Crippen molar-refractivity contribution in [3.05, 3.63) is 63.6 Å². The van der Waals surface area contributed by atoms with E-state index in [4.69, 9.17) is 28.3 Å².